The summed E-state index contributed by atoms with van der Waals surface area (Å²) < 4.78 is 1.46. The number of hydrogen-bond donors (Lipinski definition) is 0. The van der Waals surface area contributed by atoms with Crippen LogP contribution in [-0.4, -0.2) is 15.3 Å². The van der Waals surface area contributed by atoms with Crippen LogP contribution in [0.1, 0.15) is 9.67 Å². The molecule has 0 radical (unpaired) electrons. The van der Waals surface area contributed by atoms with Gasteiger partial charge in [0.15, 0.2) is 5.78 Å². The maximum Gasteiger partial charge on any atom is 0.269 e. The average Bonchev–Trinajstić information content (AvgIpc) is 2.96. The van der Waals surface area contributed by atoms with Crippen molar-refractivity contribution in [3.8, 4) is 0 Å². The lowest BCUT2D eigenvalue weighted by Gasteiger charge is -2.07. The van der Waals surface area contributed by atoms with Gasteiger partial charge in [-0.1, -0.05) is 18.2 Å². The molecule has 0 aliphatic rings. The largest absolute Gasteiger partial charge is 0.298 e. The normalized spacial score (nSPS) is 10.7. The zero-order valence-electron chi connectivity index (χ0n) is 9.95. The number of para-hydroxylation sites is 2. The minimum atomic E-state index is -0.261. The zero-order valence-corrected chi connectivity index (χ0v) is 10.8. The minimum Gasteiger partial charge on any atom is -0.298 e. The molecule has 0 aliphatic carbocycles. The van der Waals surface area contributed by atoms with E-state index in [9.17, 15) is 9.59 Å². The summed E-state index contributed by atoms with van der Waals surface area (Å²) in [7, 11) is 0. The van der Waals surface area contributed by atoms with E-state index in [1.807, 2.05) is 29.6 Å². The van der Waals surface area contributed by atoms with Gasteiger partial charge in [0.1, 0.15) is 0 Å². The summed E-state index contributed by atoms with van der Waals surface area (Å²) in [5, 5.41) is 1.85. The highest BCUT2D eigenvalue weighted by molar-refractivity contribution is 7.12. The Labute approximate surface area is 113 Å². The summed E-state index contributed by atoms with van der Waals surface area (Å²) in [6.07, 6.45) is 1.25. The van der Waals surface area contributed by atoms with Crippen LogP contribution in [0.3, 0.4) is 0 Å². The van der Waals surface area contributed by atoms with Crippen molar-refractivity contribution in [2.45, 2.75) is 6.54 Å². The van der Waals surface area contributed by atoms with Crippen LogP contribution >= 0.6 is 11.3 Å². The van der Waals surface area contributed by atoms with Crippen molar-refractivity contribution >= 4 is 28.2 Å². The first kappa shape index (κ1) is 11.8. The van der Waals surface area contributed by atoms with Crippen LogP contribution < -0.4 is 5.56 Å². The fourth-order valence-corrected chi connectivity index (χ4v) is 2.59. The van der Waals surface area contributed by atoms with Gasteiger partial charge in [-0.15, -0.1) is 11.3 Å². The Bertz CT molecular complexity index is 791. The summed E-state index contributed by atoms with van der Waals surface area (Å²) >= 11 is 1.38. The molecule has 0 spiro atoms. The van der Waals surface area contributed by atoms with Crippen LogP contribution in [0, 0.1) is 0 Å². The third-order valence-electron chi connectivity index (χ3n) is 2.85. The molecule has 2 aromatic heterocycles. The molecular weight excluding hydrogens is 260 g/mol. The molecule has 1 aromatic carbocycles. The summed E-state index contributed by atoms with van der Waals surface area (Å²) in [6.45, 7) is 0.0440. The lowest BCUT2D eigenvalue weighted by molar-refractivity contribution is 0.0976. The number of Topliss-reactive ketones (excluding diaryl/α,β-unsaturated/α-hetero) is 1. The molecule has 0 bridgehead atoms. The van der Waals surface area contributed by atoms with Crippen LogP contribution in [-0.2, 0) is 6.54 Å². The smallest absolute Gasteiger partial charge is 0.269 e. The SMILES string of the molecule is O=C(Cn1c(=O)cnc2ccccc21)c1cccs1. The Balaban J connectivity index is 2.08. The highest BCUT2D eigenvalue weighted by atomic mass is 32.1. The first-order valence-corrected chi connectivity index (χ1v) is 6.65. The van der Waals surface area contributed by atoms with Gasteiger partial charge in [-0.05, 0) is 23.6 Å². The number of fused-ring (bicyclic) bond motifs is 1. The molecule has 0 unspecified atom stereocenters. The number of nitrogens with zero attached hydrogens (tertiary/aromatic N) is 2. The lowest BCUT2D eigenvalue weighted by Crippen LogP contribution is -2.24. The van der Waals surface area contributed by atoms with Gasteiger partial charge in [0.25, 0.3) is 5.56 Å². The molecule has 3 aromatic rings. The number of thiophene rings is 1. The van der Waals surface area contributed by atoms with Crippen molar-refractivity contribution in [3.63, 3.8) is 0 Å². The van der Waals surface area contributed by atoms with Gasteiger partial charge in [0, 0.05) is 0 Å². The first-order valence-electron chi connectivity index (χ1n) is 5.77. The second-order valence-corrected chi connectivity index (χ2v) is 5.02. The zero-order chi connectivity index (χ0) is 13.2. The third-order valence-corrected chi connectivity index (χ3v) is 3.76. The van der Waals surface area contributed by atoms with E-state index in [0.717, 1.165) is 0 Å². The number of rotatable bonds is 3. The van der Waals surface area contributed by atoms with E-state index in [4.69, 9.17) is 0 Å². The second-order valence-electron chi connectivity index (χ2n) is 4.07. The number of ketones is 1. The van der Waals surface area contributed by atoms with Crippen molar-refractivity contribution in [3.05, 3.63) is 63.2 Å². The molecule has 3 rings (SSSR count). The Morgan fingerprint density at radius 1 is 1.21 bits per heavy atom. The van der Waals surface area contributed by atoms with Crippen molar-refractivity contribution < 1.29 is 4.79 Å². The number of hydrogen-bond acceptors (Lipinski definition) is 4. The molecule has 0 N–H and O–H groups in total. The van der Waals surface area contributed by atoms with E-state index in [1.165, 1.54) is 22.1 Å². The van der Waals surface area contributed by atoms with Crippen molar-refractivity contribution in [2.75, 3.05) is 0 Å². The Kier molecular flexibility index (Phi) is 2.97. The van der Waals surface area contributed by atoms with Crippen LogP contribution in [0.4, 0.5) is 0 Å². The van der Waals surface area contributed by atoms with Gasteiger partial charge >= 0.3 is 0 Å². The molecule has 0 aliphatic heterocycles. The van der Waals surface area contributed by atoms with E-state index in [1.54, 1.807) is 12.1 Å². The molecule has 2 heterocycles. The van der Waals surface area contributed by atoms with Crippen molar-refractivity contribution in [2.24, 2.45) is 0 Å². The van der Waals surface area contributed by atoms with Crippen LogP contribution in [0.5, 0.6) is 0 Å². The molecule has 0 atom stereocenters. The van der Waals surface area contributed by atoms with Crippen molar-refractivity contribution in [1.29, 1.82) is 0 Å². The minimum absolute atomic E-state index is 0.0440. The molecule has 0 fully saturated rings. The predicted octanol–water partition coefficient (Wildman–Crippen LogP) is 2.34. The van der Waals surface area contributed by atoms with Gasteiger partial charge in [-0.2, -0.15) is 0 Å². The van der Waals surface area contributed by atoms with E-state index >= 15 is 0 Å². The summed E-state index contributed by atoms with van der Waals surface area (Å²) in [4.78, 5) is 28.7. The fraction of sp³-hybridized carbons (Fsp3) is 0.0714. The van der Waals surface area contributed by atoms with Gasteiger partial charge in [-0.25, -0.2) is 4.98 Å². The molecule has 94 valence electrons. The highest BCUT2D eigenvalue weighted by Gasteiger charge is 2.11. The predicted molar refractivity (Wildman–Crippen MR) is 74.7 cm³/mol. The van der Waals surface area contributed by atoms with Crippen molar-refractivity contribution in [1.82, 2.24) is 9.55 Å². The monoisotopic (exact) mass is 270 g/mol. The quantitative estimate of drug-likeness (QED) is 0.686. The standard InChI is InChI=1S/C14H10N2O2S/c17-12(13-6-3-7-19-13)9-16-11-5-2-1-4-10(11)15-8-14(16)18/h1-8H,9H2. The molecule has 5 heteroatoms. The maximum atomic E-state index is 12.1. The highest BCUT2D eigenvalue weighted by Crippen LogP contribution is 2.12. The van der Waals surface area contributed by atoms with Gasteiger partial charge < -0.3 is 0 Å². The number of carbonyl (C=O) groups is 1. The van der Waals surface area contributed by atoms with Gasteiger partial charge in [0.2, 0.25) is 0 Å². The van der Waals surface area contributed by atoms with Gasteiger partial charge in [0.05, 0.1) is 28.7 Å². The summed E-state index contributed by atoms with van der Waals surface area (Å²) in [5.41, 5.74) is 1.13. The molecule has 19 heavy (non-hydrogen) atoms. The lowest BCUT2D eigenvalue weighted by atomic mass is 10.2. The Hall–Kier alpha value is -2.27. The Morgan fingerprint density at radius 2 is 2.05 bits per heavy atom. The molecular formula is C14H10N2O2S. The Morgan fingerprint density at radius 3 is 2.84 bits per heavy atom. The van der Waals surface area contributed by atoms with E-state index in [-0.39, 0.29) is 17.9 Å². The second kappa shape index (κ2) is 4.78. The van der Waals surface area contributed by atoms with Crippen LogP contribution in [0.15, 0.2) is 52.8 Å². The third kappa shape index (κ3) is 2.20. The van der Waals surface area contributed by atoms with Crippen LogP contribution in [0.25, 0.3) is 11.0 Å². The van der Waals surface area contributed by atoms with Gasteiger partial charge in [-0.3, -0.25) is 14.2 Å². The number of carbonyl (C=O) groups excluding carboxylic acids is 1. The molecule has 0 saturated carbocycles. The topological polar surface area (TPSA) is 52.0 Å². The number of aromatic nitrogens is 2. The first-order chi connectivity index (χ1) is 9.25. The summed E-state index contributed by atoms with van der Waals surface area (Å²) in [6, 6.07) is 10.9. The number of benzene rings is 1. The molecule has 0 amide bonds. The average molecular weight is 270 g/mol. The maximum absolute atomic E-state index is 12.1. The molecule has 0 saturated heterocycles. The molecule has 4 nitrogen and oxygen atoms in total. The van der Waals surface area contributed by atoms with E-state index in [2.05, 4.69) is 4.98 Å². The van der Waals surface area contributed by atoms with E-state index < -0.39 is 0 Å². The fourth-order valence-electron chi connectivity index (χ4n) is 1.94. The summed E-state index contributed by atoms with van der Waals surface area (Å²) in [5.74, 6) is -0.0616. The van der Waals surface area contributed by atoms with E-state index in [0.29, 0.717) is 15.9 Å². The van der Waals surface area contributed by atoms with Crippen LogP contribution in [0.2, 0.25) is 0 Å².